The summed E-state index contributed by atoms with van der Waals surface area (Å²) in [6.45, 7) is 3.82. The molecule has 134 valence electrons. The SMILES string of the molecule is CC(=O)OCCCCCCCC1C=CC(C)n2c(=O)n(C)c(=O)n21. The molecule has 1 aromatic heterocycles. The summed E-state index contributed by atoms with van der Waals surface area (Å²) in [6.07, 6.45) is 9.91. The lowest BCUT2D eigenvalue weighted by Crippen LogP contribution is -2.34. The first-order valence-corrected chi connectivity index (χ1v) is 8.65. The molecule has 0 radical (unpaired) electrons. The first-order valence-electron chi connectivity index (χ1n) is 8.65. The Morgan fingerprint density at radius 1 is 1.04 bits per heavy atom. The molecule has 0 N–H and O–H groups in total. The lowest BCUT2D eigenvalue weighted by Gasteiger charge is -2.24. The zero-order chi connectivity index (χ0) is 17.7. The van der Waals surface area contributed by atoms with Crippen molar-refractivity contribution in [1.29, 1.82) is 0 Å². The number of unbranched alkanes of at least 4 members (excludes halogenated alkanes) is 4. The number of hydrogen-bond acceptors (Lipinski definition) is 4. The normalized spacial score (nSPS) is 19.3. The van der Waals surface area contributed by atoms with E-state index in [9.17, 15) is 14.4 Å². The highest BCUT2D eigenvalue weighted by Crippen LogP contribution is 2.22. The third-order valence-electron chi connectivity index (χ3n) is 4.46. The predicted octanol–water partition coefficient (Wildman–Crippen LogP) is 1.92. The van der Waals surface area contributed by atoms with Crippen LogP contribution in [0.15, 0.2) is 21.7 Å². The van der Waals surface area contributed by atoms with Crippen LogP contribution in [0.25, 0.3) is 0 Å². The average molecular weight is 337 g/mol. The van der Waals surface area contributed by atoms with Gasteiger partial charge in [-0.15, -0.1) is 0 Å². The van der Waals surface area contributed by atoms with E-state index in [-0.39, 0.29) is 29.4 Å². The largest absolute Gasteiger partial charge is 0.466 e. The molecule has 24 heavy (non-hydrogen) atoms. The van der Waals surface area contributed by atoms with E-state index < -0.39 is 0 Å². The van der Waals surface area contributed by atoms with Gasteiger partial charge in [0, 0.05) is 14.0 Å². The van der Waals surface area contributed by atoms with Crippen molar-refractivity contribution in [1.82, 2.24) is 13.9 Å². The summed E-state index contributed by atoms with van der Waals surface area (Å²) < 4.78 is 9.21. The molecule has 2 rings (SSSR count). The Balaban J connectivity index is 1.82. The monoisotopic (exact) mass is 337 g/mol. The van der Waals surface area contributed by atoms with E-state index in [2.05, 4.69) is 0 Å². The van der Waals surface area contributed by atoms with Crippen LogP contribution in [0.2, 0.25) is 0 Å². The van der Waals surface area contributed by atoms with Crippen molar-refractivity contribution in [2.24, 2.45) is 7.05 Å². The highest BCUT2D eigenvalue weighted by molar-refractivity contribution is 5.65. The molecule has 7 heteroatoms. The Labute approximate surface area is 141 Å². The van der Waals surface area contributed by atoms with Crippen molar-refractivity contribution in [3.63, 3.8) is 0 Å². The third-order valence-corrected chi connectivity index (χ3v) is 4.46. The fourth-order valence-corrected chi connectivity index (χ4v) is 3.12. The molecular weight excluding hydrogens is 310 g/mol. The van der Waals surface area contributed by atoms with E-state index in [1.807, 2.05) is 19.1 Å². The number of fused-ring (bicyclic) bond motifs is 1. The molecule has 2 heterocycles. The minimum absolute atomic E-state index is 0.0522. The summed E-state index contributed by atoms with van der Waals surface area (Å²) in [7, 11) is 1.52. The van der Waals surface area contributed by atoms with Gasteiger partial charge in [-0.3, -0.25) is 4.79 Å². The Morgan fingerprint density at radius 2 is 1.67 bits per heavy atom. The van der Waals surface area contributed by atoms with E-state index in [1.54, 1.807) is 9.36 Å². The number of hydrogen-bond donors (Lipinski definition) is 0. The number of nitrogens with zero attached hydrogens (tertiary/aromatic N) is 3. The van der Waals surface area contributed by atoms with Crippen molar-refractivity contribution in [3.8, 4) is 0 Å². The molecule has 0 aliphatic carbocycles. The Hall–Kier alpha value is -2.05. The smallest absolute Gasteiger partial charge is 0.347 e. The molecule has 1 aromatic rings. The summed E-state index contributed by atoms with van der Waals surface area (Å²) in [5, 5.41) is 0. The fourth-order valence-electron chi connectivity index (χ4n) is 3.12. The van der Waals surface area contributed by atoms with E-state index in [4.69, 9.17) is 4.74 Å². The van der Waals surface area contributed by atoms with Crippen LogP contribution in [0.1, 0.15) is 64.5 Å². The van der Waals surface area contributed by atoms with Crippen LogP contribution in [0.3, 0.4) is 0 Å². The second kappa shape index (κ2) is 8.17. The molecule has 0 saturated heterocycles. The predicted molar refractivity (Wildman–Crippen MR) is 91.2 cm³/mol. The van der Waals surface area contributed by atoms with E-state index >= 15 is 0 Å². The van der Waals surface area contributed by atoms with Crippen molar-refractivity contribution in [2.75, 3.05) is 6.61 Å². The fraction of sp³-hybridized carbons (Fsp3) is 0.706. The standard InChI is InChI=1S/C17H27N3O4/c1-13-10-11-15(20-17(23)18(3)16(22)19(13)20)9-7-5-4-6-8-12-24-14(2)21/h10-11,13,15H,4-9,12H2,1-3H3. The van der Waals surface area contributed by atoms with Crippen LogP contribution in [0, 0.1) is 0 Å². The maximum Gasteiger partial charge on any atom is 0.347 e. The van der Waals surface area contributed by atoms with Gasteiger partial charge in [-0.25, -0.2) is 23.5 Å². The number of esters is 1. The van der Waals surface area contributed by atoms with Crippen molar-refractivity contribution >= 4 is 5.97 Å². The minimum Gasteiger partial charge on any atom is -0.466 e. The van der Waals surface area contributed by atoms with E-state index in [0.717, 1.165) is 38.5 Å². The zero-order valence-corrected chi connectivity index (χ0v) is 14.7. The van der Waals surface area contributed by atoms with E-state index in [0.29, 0.717) is 6.61 Å². The summed E-state index contributed by atoms with van der Waals surface area (Å²) in [5.74, 6) is -0.229. The van der Waals surface area contributed by atoms with Crippen molar-refractivity contribution in [2.45, 2.75) is 64.5 Å². The van der Waals surface area contributed by atoms with Crippen LogP contribution in [-0.2, 0) is 16.6 Å². The highest BCUT2D eigenvalue weighted by atomic mass is 16.5. The molecule has 1 aliphatic heterocycles. The molecule has 2 unspecified atom stereocenters. The maximum atomic E-state index is 12.3. The van der Waals surface area contributed by atoms with Gasteiger partial charge in [0.2, 0.25) is 0 Å². The van der Waals surface area contributed by atoms with Gasteiger partial charge in [0.25, 0.3) is 0 Å². The number of allylic oxidation sites excluding steroid dienone is 2. The lowest BCUT2D eigenvalue weighted by molar-refractivity contribution is -0.141. The van der Waals surface area contributed by atoms with Crippen LogP contribution in [0.5, 0.6) is 0 Å². The van der Waals surface area contributed by atoms with Crippen LogP contribution >= 0.6 is 0 Å². The number of aromatic nitrogens is 3. The van der Waals surface area contributed by atoms with Gasteiger partial charge in [0.1, 0.15) is 0 Å². The molecular formula is C17H27N3O4. The number of rotatable bonds is 8. The molecule has 2 atom stereocenters. The Morgan fingerprint density at radius 3 is 2.38 bits per heavy atom. The second-order valence-corrected chi connectivity index (χ2v) is 6.40. The zero-order valence-electron chi connectivity index (χ0n) is 14.7. The van der Waals surface area contributed by atoms with Gasteiger partial charge in [-0.1, -0.05) is 37.8 Å². The number of carbonyl (C=O) groups excluding carboxylic acids is 1. The molecule has 0 amide bonds. The van der Waals surface area contributed by atoms with Gasteiger partial charge in [-0.05, 0) is 19.8 Å². The van der Waals surface area contributed by atoms with Gasteiger partial charge in [0.05, 0.1) is 18.7 Å². The first kappa shape index (κ1) is 18.3. The molecule has 0 spiro atoms. The second-order valence-electron chi connectivity index (χ2n) is 6.40. The highest BCUT2D eigenvalue weighted by Gasteiger charge is 2.25. The third kappa shape index (κ3) is 4.07. The van der Waals surface area contributed by atoms with Gasteiger partial charge in [0.15, 0.2) is 0 Å². The van der Waals surface area contributed by atoms with E-state index in [1.165, 1.54) is 18.5 Å². The van der Waals surface area contributed by atoms with Crippen LogP contribution < -0.4 is 11.4 Å². The Bertz CT molecular complexity index is 710. The molecule has 1 aliphatic rings. The van der Waals surface area contributed by atoms with Crippen LogP contribution in [-0.4, -0.2) is 26.5 Å². The van der Waals surface area contributed by atoms with Crippen molar-refractivity contribution < 1.29 is 9.53 Å². The maximum absolute atomic E-state index is 12.3. The molecule has 0 saturated carbocycles. The number of ether oxygens (including phenoxy) is 1. The summed E-state index contributed by atoms with van der Waals surface area (Å²) >= 11 is 0. The Kier molecular flexibility index (Phi) is 6.23. The first-order chi connectivity index (χ1) is 11.4. The van der Waals surface area contributed by atoms with Crippen molar-refractivity contribution in [3.05, 3.63) is 33.1 Å². The molecule has 7 nitrogen and oxygen atoms in total. The topological polar surface area (TPSA) is 75.2 Å². The van der Waals surface area contributed by atoms with Gasteiger partial charge in [-0.2, -0.15) is 0 Å². The molecule has 0 bridgehead atoms. The minimum atomic E-state index is -0.257. The molecule has 0 aromatic carbocycles. The molecule has 0 fully saturated rings. The number of carbonyl (C=O) groups is 1. The summed E-state index contributed by atoms with van der Waals surface area (Å²) in [4.78, 5) is 35.1. The summed E-state index contributed by atoms with van der Waals surface area (Å²) in [5.41, 5.74) is -0.505. The van der Waals surface area contributed by atoms with Crippen LogP contribution in [0.4, 0.5) is 0 Å². The average Bonchev–Trinajstić information content (AvgIpc) is 2.77. The lowest BCUT2D eigenvalue weighted by atomic mass is 10.0. The van der Waals surface area contributed by atoms with Gasteiger partial charge >= 0.3 is 17.3 Å². The van der Waals surface area contributed by atoms with Gasteiger partial charge < -0.3 is 4.74 Å². The quantitative estimate of drug-likeness (QED) is 0.413. The summed E-state index contributed by atoms with van der Waals surface area (Å²) in [6, 6.07) is -0.146.